The Balaban J connectivity index is 2.59. The largest absolute Gasteiger partial charge is 0.461 e. The first-order valence-electron chi connectivity index (χ1n) is 9.82. The third kappa shape index (κ3) is 8.03. The van der Waals surface area contributed by atoms with E-state index < -0.39 is 0 Å². The third-order valence-corrected chi connectivity index (χ3v) is 4.88. The monoisotopic (exact) mass is 356 g/mol. The van der Waals surface area contributed by atoms with Gasteiger partial charge in [0, 0.05) is 6.42 Å². The van der Waals surface area contributed by atoms with Gasteiger partial charge >= 0.3 is 5.97 Å². The molecule has 0 N–H and O–H groups in total. The van der Waals surface area contributed by atoms with Crippen molar-refractivity contribution in [3.63, 3.8) is 0 Å². The summed E-state index contributed by atoms with van der Waals surface area (Å²) < 4.78 is 5.13. The molecule has 1 aliphatic rings. The molecule has 0 atom stereocenters. The van der Waals surface area contributed by atoms with Gasteiger partial charge in [-0.3, -0.25) is 4.79 Å². The molecule has 1 rings (SSSR count). The molecule has 0 fully saturated rings. The Morgan fingerprint density at radius 2 is 1.92 bits per heavy atom. The fraction of sp³-hybridized carbons (Fsp3) is 0.542. The van der Waals surface area contributed by atoms with Crippen LogP contribution in [-0.2, 0) is 9.53 Å². The molecule has 144 valence electrons. The number of carbonyl (C=O) groups excluding carboxylic acids is 1. The van der Waals surface area contributed by atoms with Gasteiger partial charge in [0.1, 0.15) is 6.61 Å². The topological polar surface area (TPSA) is 26.3 Å². The second-order valence-corrected chi connectivity index (χ2v) is 7.92. The van der Waals surface area contributed by atoms with Crippen LogP contribution in [0.3, 0.4) is 0 Å². The van der Waals surface area contributed by atoms with Crippen molar-refractivity contribution in [2.24, 2.45) is 5.41 Å². The van der Waals surface area contributed by atoms with E-state index in [-0.39, 0.29) is 11.4 Å². The number of rotatable bonds is 8. The molecule has 0 bridgehead atoms. The molecule has 0 aliphatic heterocycles. The Hall–Kier alpha value is -1.83. The Labute approximate surface area is 160 Å². The van der Waals surface area contributed by atoms with Crippen LogP contribution in [0.2, 0.25) is 0 Å². The van der Waals surface area contributed by atoms with Crippen LogP contribution in [0.15, 0.2) is 58.7 Å². The molecule has 26 heavy (non-hydrogen) atoms. The van der Waals surface area contributed by atoms with Crippen LogP contribution < -0.4 is 0 Å². The third-order valence-electron chi connectivity index (χ3n) is 4.88. The molecule has 0 saturated carbocycles. The van der Waals surface area contributed by atoms with Crippen molar-refractivity contribution in [1.82, 2.24) is 0 Å². The summed E-state index contributed by atoms with van der Waals surface area (Å²) in [6.07, 6.45) is 17.7. The van der Waals surface area contributed by atoms with Crippen molar-refractivity contribution in [2.45, 2.75) is 73.6 Å². The number of allylic oxidation sites excluding steroid dienone is 9. The van der Waals surface area contributed by atoms with Gasteiger partial charge in [-0.2, -0.15) is 0 Å². The first-order valence-corrected chi connectivity index (χ1v) is 9.82. The van der Waals surface area contributed by atoms with Gasteiger partial charge in [-0.25, -0.2) is 0 Å². The van der Waals surface area contributed by atoms with E-state index in [0.717, 1.165) is 12.0 Å². The highest BCUT2D eigenvalue weighted by molar-refractivity contribution is 5.69. The van der Waals surface area contributed by atoms with Crippen LogP contribution in [0.4, 0.5) is 0 Å². The zero-order valence-electron chi connectivity index (χ0n) is 17.5. The minimum Gasteiger partial charge on any atom is -0.461 e. The van der Waals surface area contributed by atoms with E-state index in [4.69, 9.17) is 4.74 Å². The van der Waals surface area contributed by atoms with Crippen LogP contribution in [0.25, 0.3) is 0 Å². The average molecular weight is 357 g/mol. The zero-order valence-corrected chi connectivity index (χ0v) is 17.5. The van der Waals surface area contributed by atoms with Gasteiger partial charge in [-0.05, 0) is 63.5 Å². The molecule has 0 aromatic heterocycles. The molecule has 0 amide bonds. The fourth-order valence-corrected chi connectivity index (χ4v) is 3.24. The van der Waals surface area contributed by atoms with Crippen molar-refractivity contribution in [3.8, 4) is 0 Å². The normalized spacial score (nSPS) is 18.8. The van der Waals surface area contributed by atoms with Crippen molar-refractivity contribution in [1.29, 1.82) is 0 Å². The van der Waals surface area contributed by atoms with Crippen LogP contribution in [0.5, 0.6) is 0 Å². The van der Waals surface area contributed by atoms with E-state index in [2.05, 4.69) is 45.9 Å². The minimum absolute atomic E-state index is 0.128. The Bertz CT molecular complexity index is 625. The lowest BCUT2D eigenvalue weighted by Gasteiger charge is -2.32. The second-order valence-electron chi connectivity index (χ2n) is 7.92. The van der Waals surface area contributed by atoms with Crippen molar-refractivity contribution in [2.75, 3.05) is 6.61 Å². The van der Waals surface area contributed by atoms with E-state index in [0.29, 0.717) is 13.0 Å². The molecule has 0 saturated heterocycles. The summed E-state index contributed by atoms with van der Waals surface area (Å²) in [4.78, 5) is 11.3. The average Bonchev–Trinajstić information content (AvgIpc) is 2.54. The summed E-state index contributed by atoms with van der Waals surface area (Å²) in [6, 6.07) is 0. The molecule has 0 unspecified atom stereocenters. The lowest BCUT2D eigenvalue weighted by Crippen LogP contribution is -2.19. The number of carbonyl (C=O) groups is 1. The highest BCUT2D eigenvalue weighted by atomic mass is 16.5. The fourth-order valence-electron chi connectivity index (χ4n) is 3.24. The lowest BCUT2D eigenvalue weighted by atomic mass is 9.72. The van der Waals surface area contributed by atoms with Crippen LogP contribution in [0, 0.1) is 5.41 Å². The maximum absolute atomic E-state index is 11.3. The van der Waals surface area contributed by atoms with Gasteiger partial charge in [0.25, 0.3) is 0 Å². The maximum Gasteiger partial charge on any atom is 0.306 e. The van der Waals surface area contributed by atoms with Crippen LogP contribution in [-0.4, -0.2) is 12.6 Å². The van der Waals surface area contributed by atoms with Crippen molar-refractivity contribution >= 4 is 5.97 Å². The number of hydrogen-bond donors (Lipinski definition) is 0. The zero-order chi connectivity index (χ0) is 19.6. The molecular formula is C24H36O2. The first kappa shape index (κ1) is 22.2. The second kappa shape index (κ2) is 11.0. The van der Waals surface area contributed by atoms with E-state index in [1.807, 2.05) is 32.1 Å². The predicted octanol–water partition coefficient (Wildman–Crippen LogP) is 6.86. The number of ether oxygens (including phenoxy) is 1. The smallest absolute Gasteiger partial charge is 0.306 e. The molecule has 0 spiro atoms. The highest BCUT2D eigenvalue weighted by Crippen LogP contribution is 2.40. The van der Waals surface area contributed by atoms with Gasteiger partial charge in [-0.15, -0.1) is 0 Å². The first-order chi connectivity index (χ1) is 12.3. The van der Waals surface area contributed by atoms with Crippen molar-refractivity contribution in [3.05, 3.63) is 58.7 Å². The molecule has 2 heteroatoms. The Kier molecular flexibility index (Phi) is 9.40. The van der Waals surface area contributed by atoms with Gasteiger partial charge in [0.05, 0.1) is 0 Å². The summed E-state index contributed by atoms with van der Waals surface area (Å²) >= 11 is 0. The van der Waals surface area contributed by atoms with Gasteiger partial charge in [-0.1, -0.05) is 67.9 Å². The van der Waals surface area contributed by atoms with E-state index in [1.165, 1.54) is 36.0 Å². The molecule has 0 aromatic rings. The standard InChI is InChI=1S/C24H36O2/c1-7-10-23(25)26-18-16-20(3)12-8-11-19(2)14-15-22-21(4)13-9-17-24(22,5)6/h8,11-12,14-16H,7,9-10,13,17-18H2,1-6H3/b12-8+,15-14+,19-11+,20-16+. The Morgan fingerprint density at radius 1 is 1.19 bits per heavy atom. The maximum atomic E-state index is 11.3. The molecule has 0 heterocycles. The van der Waals surface area contributed by atoms with Crippen LogP contribution >= 0.6 is 0 Å². The SMILES string of the molecule is CCCC(=O)OC/C=C(C)/C=C/C=C(C)/C=C/C1=C(C)CCCC1(C)C. The number of hydrogen-bond acceptors (Lipinski definition) is 2. The summed E-state index contributed by atoms with van der Waals surface area (Å²) in [7, 11) is 0. The van der Waals surface area contributed by atoms with Crippen LogP contribution in [0.1, 0.15) is 73.6 Å². The summed E-state index contributed by atoms with van der Waals surface area (Å²) in [5.74, 6) is -0.128. The van der Waals surface area contributed by atoms with Gasteiger partial charge in [0.15, 0.2) is 0 Å². The summed E-state index contributed by atoms with van der Waals surface area (Å²) in [5.41, 5.74) is 5.62. The van der Waals surface area contributed by atoms with E-state index in [9.17, 15) is 4.79 Å². The van der Waals surface area contributed by atoms with Gasteiger partial charge < -0.3 is 4.74 Å². The van der Waals surface area contributed by atoms with Gasteiger partial charge in [0.2, 0.25) is 0 Å². The Morgan fingerprint density at radius 3 is 2.58 bits per heavy atom. The molecule has 2 nitrogen and oxygen atoms in total. The minimum atomic E-state index is -0.128. The molecule has 0 radical (unpaired) electrons. The summed E-state index contributed by atoms with van der Waals surface area (Å²) in [5, 5.41) is 0. The quantitative estimate of drug-likeness (QED) is 0.351. The van der Waals surface area contributed by atoms with Crippen molar-refractivity contribution < 1.29 is 9.53 Å². The molecular weight excluding hydrogens is 320 g/mol. The highest BCUT2D eigenvalue weighted by Gasteiger charge is 2.26. The lowest BCUT2D eigenvalue weighted by molar-refractivity contribution is -0.142. The van der Waals surface area contributed by atoms with E-state index >= 15 is 0 Å². The van der Waals surface area contributed by atoms with E-state index in [1.54, 1.807) is 0 Å². The molecule has 1 aliphatic carbocycles. The number of esters is 1. The summed E-state index contributed by atoms with van der Waals surface area (Å²) in [6.45, 7) is 13.4. The predicted molar refractivity (Wildman–Crippen MR) is 112 cm³/mol. The molecule has 0 aromatic carbocycles.